The number of nitrogens with one attached hydrogen (secondary N) is 1. The normalized spacial score (nSPS) is 18.5. The van der Waals surface area contributed by atoms with Crippen molar-refractivity contribution in [3.63, 3.8) is 0 Å². The first-order chi connectivity index (χ1) is 10.4. The molecule has 0 saturated carbocycles. The maximum Gasteiger partial charge on any atom is 0.225 e. The molecule has 2 rings (SSSR count). The number of halogens is 1. The van der Waals surface area contributed by atoms with Gasteiger partial charge in [0.2, 0.25) is 11.9 Å². The average molecular weight is 309 g/mol. The van der Waals surface area contributed by atoms with Crippen molar-refractivity contribution in [2.24, 2.45) is 5.92 Å². The Morgan fingerprint density at radius 2 is 2.23 bits per heavy atom. The van der Waals surface area contributed by atoms with Gasteiger partial charge in [-0.15, -0.1) is 0 Å². The van der Waals surface area contributed by atoms with E-state index in [0.717, 1.165) is 19.4 Å². The number of anilines is 2. The van der Waals surface area contributed by atoms with Crippen LogP contribution in [0.2, 0.25) is 0 Å². The summed E-state index contributed by atoms with van der Waals surface area (Å²) in [6.07, 6.45) is 3.06. The van der Waals surface area contributed by atoms with E-state index in [4.69, 9.17) is 0 Å². The van der Waals surface area contributed by atoms with Crippen molar-refractivity contribution in [3.05, 3.63) is 12.0 Å². The number of amides is 1. The lowest BCUT2D eigenvalue weighted by Gasteiger charge is -2.34. The van der Waals surface area contributed by atoms with E-state index in [1.807, 2.05) is 18.7 Å². The molecule has 1 N–H and O–H groups in total. The zero-order valence-electron chi connectivity index (χ0n) is 13.6. The van der Waals surface area contributed by atoms with Gasteiger partial charge in [0.25, 0.3) is 0 Å². The van der Waals surface area contributed by atoms with E-state index in [1.54, 1.807) is 19.0 Å². The molecule has 1 fully saturated rings. The predicted octanol–water partition coefficient (Wildman–Crippen LogP) is 1.74. The first-order valence-corrected chi connectivity index (χ1v) is 7.63. The third-order valence-corrected chi connectivity index (χ3v) is 3.71. The fourth-order valence-corrected chi connectivity index (χ4v) is 2.58. The Kier molecular flexibility index (Phi) is 5.15. The van der Waals surface area contributed by atoms with Gasteiger partial charge in [-0.05, 0) is 12.8 Å². The van der Waals surface area contributed by atoms with Crippen LogP contribution in [0.3, 0.4) is 0 Å². The topological polar surface area (TPSA) is 61.4 Å². The summed E-state index contributed by atoms with van der Waals surface area (Å²) in [4.78, 5) is 23.8. The number of nitrogens with zero attached hydrogens (tertiary/aromatic N) is 4. The van der Waals surface area contributed by atoms with Crippen molar-refractivity contribution in [2.45, 2.75) is 32.7 Å². The van der Waals surface area contributed by atoms with Gasteiger partial charge >= 0.3 is 0 Å². The lowest BCUT2D eigenvalue weighted by molar-refractivity contribution is -0.135. The van der Waals surface area contributed by atoms with E-state index >= 15 is 0 Å². The van der Waals surface area contributed by atoms with Crippen molar-refractivity contribution in [2.75, 3.05) is 37.4 Å². The molecule has 0 bridgehead atoms. The van der Waals surface area contributed by atoms with Gasteiger partial charge in [0.15, 0.2) is 11.6 Å². The van der Waals surface area contributed by atoms with Crippen molar-refractivity contribution in [3.8, 4) is 0 Å². The van der Waals surface area contributed by atoms with E-state index < -0.39 is 5.82 Å². The van der Waals surface area contributed by atoms with Gasteiger partial charge in [0.1, 0.15) is 0 Å². The van der Waals surface area contributed by atoms with Crippen LogP contribution in [-0.2, 0) is 4.79 Å². The number of likely N-dealkylation sites (tertiary alicyclic amines) is 1. The maximum absolute atomic E-state index is 13.6. The monoisotopic (exact) mass is 309 g/mol. The zero-order valence-corrected chi connectivity index (χ0v) is 13.6. The second-order valence-corrected chi connectivity index (χ2v) is 6.18. The molecule has 2 heterocycles. The molecule has 1 aliphatic rings. The Morgan fingerprint density at radius 1 is 1.50 bits per heavy atom. The van der Waals surface area contributed by atoms with Gasteiger partial charge in [-0.3, -0.25) is 4.79 Å². The van der Waals surface area contributed by atoms with Crippen molar-refractivity contribution in [1.82, 2.24) is 14.9 Å². The molecule has 1 saturated heterocycles. The Hall–Kier alpha value is -1.92. The highest BCUT2D eigenvalue weighted by Gasteiger charge is 2.25. The van der Waals surface area contributed by atoms with Crippen LogP contribution in [0.1, 0.15) is 26.7 Å². The molecule has 1 aromatic rings. The lowest BCUT2D eigenvalue weighted by atomic mass is 10.0. The SMILES string of the molecule is CC(C)C(=O)N1CCCC(Nc2ncc(F)c(N(C)C)n2)C1. The molecule has 1 atom stereocenters. The average Bonchev–Trinajstić information content (AvgIpc) is 2.48. The fraction of sp³-hybridized carbons (Fsp3) is 0.667. The number of aromatic nitrogens is 2. The highest BCUT2D eigenvalue weighted by molar-refractivity contribution is 5.78. The summed E-state index contributed by atoms with van der Waals surface area (Å²) in [5.41, 5.74) is 0. The molecule has 22 heavy (non-hydrogen) atoms. The van der Waals surface area contributed by atoms with E-state index in [9.17, 15) is 9.18 Å². The van der Waals surface area contributed by atoms with Crippen molar-refractivity contribution >= 4 is 17.7 Å². The highest BCUT2D eigenvalue weighted by atomic mass is 19.1. The molecule has 0 spiro atoms. The van der Waals surface area contributed by atoms with Crippen molar-refractivity contribution < 1.29 is 9.18 Å². The Labute approximate surface area is 130 Å². The minimum atomic E-state index is -0.448. The minimum absolute atomic E-state index is 0.00108. The minimum Gasteiger partial charge on any atom is -0.360 e. The molecule has 6 nitrogen and oxygen atoms in total. The number of piperidine rings is 1. The highest BCUT2D eigenvalue weighted by Crippen LogP contribution is 2.18. The maximum atomic E-state index is 13.6. The Bertz CT molecular complexity index is 535. The van der Waals surface area contributed by atoms with E-state index in [0.29, 0.717) is 12.5 Å². The molecular formula is C15H24FN5O. The van der Waals surface area contributed by atoms with Crippen LogP contribution in [-0.4, -0.2) is 54.0 Å². The number of carbonyl (C=O) groups is 1. The molecule has 1 amide bonds. The number of rotatable bonds is 4. The largest absolute Gasteiger partial charge is 0.360 e. The van der Waals surface area contributed by atoms with Gasteiger partial charge in [-0.1, -0.05) is 13.8 Å². The Morgan fingerprint density at radius 3 is 2.86 bits per heavy atom. The van der Waals surface area contributed by atoms with Crippen LogP contribution in [0.5, 0.6) is 0 Å². The summed E-state index contributed by atoms with van der Waals surface area (Å²) in [7, 11) is 3.47. The quantitative estimate of drug-likeness (QED) is 0.918. The summed E-state index contributed by atoms with van der Waals surface area (Å²) in [6.45, 7) is 5.25. The van der Waals surface area contributed by atoms with Gasteiger partial charge in [0, 0.05) is 39.1 Å². The summed E-state index contributed by atoms with van der Waals surface area (Å²) >= 11 is 0. The van der Waals surface area contributed by atoms with Gasteiger partial charge in [0.05, 0.1) is 6.20 Å². The van der Waals surface area contributed by atoms with E-state index in [2.05, 4.69) is 15.3 Å². The lowest BCUT2D eigenvalue weighted by Crippen LogP contribution is -2.46. The van der Waals surface area contributed by atoms with Gasteiger partial charge < -0.3 is 15.1 Å². The third kappa shape index (κ3) is 3.84. The summed E-state index contributed by atoms with van der Waals surface area (Å²) in [5.74, 6) is 0.370. The van der Waals surface area contributed by atoms with Gasteiger partial charge in [-0.2, -0.15) is 4.98 Å². The smallest absolute Gasteiger partial charge is 0.225 e. The molecule has 1 aromatic heterocycles. The first kappa shape index (κ1) is 16.5. The number of hydrogen-bond donors (Lipinski definition) is 1. The van der Waals surface area contributed by atoms with Crippen LogP contribution in [0.15, 0.2) is 6.20 Å². The molecule has 0 radical (unpaired) electrons. The van der Waals surface area contributed by atoms with Crippen LogP contribution in [0.4, 0.5) is 16.2 Å². The first-order valence-electron chi connectivity index (χ1n) is 7.63. The number of carbonyl (C=O) groups excluding carboxylic acids is 1. The molecule has 7 heteroatoms. The molecule has 1 aliphatic heterocycles. The van der Waals surface area contributed by atoms with Crippen molar-refractivity contribution in [1.29, 1.82) is 0 Å². The zero-order chi connectivity index (χ0) is 16.3. The number of hydrogen-bond acceptors (Lipinski definition) is 5. The summed E-state index contributed by atoms with van der Waals surface area (Å²) < 4.78 is 13.6. The van der Waals surface area contributed by atoms with Gasteiger partial charge in [-0.25, -0.2) is 9.37 Å². The van der Waals surface area contributed by atoms with Crippen LogP contribution < -0.4 is 10.2 Å². The van der Waals surface area contributed by atoms with E-state index in [-0.39, 0.29) is 23.7 Å². The summed E-state index contributed by atoms with van der Waals surface area (Å²) in [5, 5.41) is 3.22. The third-order valence-electron chi connectivity index (χ3n) is 3.71. The molecule has 0 aliphatic carbocycles. The Balaban J connectivity index is 2.04. The van der Waals surface area contributed by atoms with E-state index in [1.165, 1.54) is 6.20 Å². The second-order valence-electron chi connectivity index (χ2n) is 6.18. The molecule has 1 unspecified atom stereocenters. The predicted molar refractivity (Wildman–Crippen MR) is 84.4 cm³/mol. The van der Waals surface area contributed by atoms with Crippen LogP contribution >= 0.6 is 0 Å². The second kappa shape index (κ2) is 6.89. The molecule has 122 valence electrons. The summed E-state index contributed by atoms with van der Waals surface area (Å²) in [6, 6.07) is 0.0944. The molecule has 0 aromatic carbocycles. The standard InChI is InChI=1S/C15H24FN5O/c1-10(2)14(22)21-7-5-6-11(9-21)18-15-17-8-12(16)13(19-15)20(3)4/h8,10-11H,5-7,9H2,1-4H3,(H,17,18,19). The fourth-order valence-electron chi connectivity index (χ4n) is 2.58. The molecular weight excluding hydrogens is 285 g/mol. The van der Waals surface area contributed by atoms with Crippen LogP contribution in [0, 0.1) is 11.7 Å². The van der Waals surface area contributed by atoms with Crippen LogP contribution in [0.25, 0.3) is 0 Å².